The zero-order chi connectivity index (χ0) is 19.3. The quantitative estimate of drug-likeness (QED) is 0.811. The number of thioether (sulfide) groups is 1. The van der Waals surface area contributed by atoms with Gasteiger partial charge in [0.25, 0.3) is 5.91 Å². The van der Waals surface area contributed by atoms with Gasteiger partial charge in [-0.25, -0.2) is 0 Å². The lowest BCUT2D eigenvalue weighted by molar-refractivity contribution is -0.147. The third-order valence-corrected chi connectivity index (χ3v) is 6.62. The average molecular weight is 391 g/mol. The molecule has 2 fully saturated rings. The van der Waals surface area contributed by atoms with Crippen LogP contribution in [0.3, 0.4) is 0 Å². The number of aliphatic hydroxyl groups excluding tert-OH is 1. The third kappa shape index (κ3) is 5.05. The van der Waals surface area contributed by atoms with Gasteiger partial charge in [-0.05, 0) is 48.7 Å². The van der Waals surface area contributed by atoms with Crippen LogP contribution in [0.5, 0.6) is 0 Å². The Morgan fingerprint density at radius 3 is 2.59 bits per heavy atom. The summed E-state index contributed by atoms with van der Waals surface area (Å²) in [7, 11) is 0. The molecule has 5 nitrogen and oxygen atoms in total. The Morgan fingerprint density at radius 2 is 1.93 bits per heavy atom. The van der Waals surface area contributed by atoms with Crippen LogP contribution in [0, 0.1) is 5.41 Å². The summed E-state index contributed by atoms with van der Waals surface area (Å²) in [5, 5.41) is 10.1. The lowest BCUT2D eigenvalue weighted by Gasteiger charge is -2.47. The van der Waals surface area contributed by atoms with Crippen molar-refractivity contribution in [3.8, 4) is 0 Å². The molecule has 1 N–H and O–H groups in total. The first-order valence-corrected chi connectivity index (χ1v) is 11.2. The maximum atomic E-state index is 12.4. The molecule has 27 heavy (non-hydrogen) atoms. The molecule has 148 valence electrons. The second-order valence-electron chi connectivity index (χ2n) is 7.86. The first-order chi connectivity index (χ1) is 13.0. The van der Waals surface area contributed by atoms with E-state index in [0.717, 1.165) is 37.1 Å². The van der Waals surface area contributed by atoms with Gasteiger partial charge in [0.2, 0.25) is 5.91 Å². The number of piperidine rings is 2. The van der Waals surface area contributed by atoms with Crippen LogP contribution in [0.1, 0.15) is 37.7 Å². The smallest absolute Gasteiger partial charge is 0.251 e. The van der Waals surface area contributed by atoms with Gasteiger partial charge in [0.15, 0.2) is 0 Å². The van der Waals surface area contributed by atoms with Crippen molar-refractivity contribution < 1.29 is 14.7 Å². The molecule has 2 saturated heterocycles. The first kappa shape index (κ1) is 20.2. The standard InChI is InChI=1S/C21H30N2O3S/c1-27-14-8-18(24)20(26)22-12-10-21(11-13-22)9-7-19(25)23(16-21)15-17-5-3-2-4-6-17/h2-6,18,24H,7-16H2,1H3/t18-/m0/s1. The Morgan fingerprint density at radius 1 is 1.22 bits per heavy atom. The molecule has 6 heteroatoms. The largest absolute Gasteiger partial charge is 0.383 e. The van der Waals surface area contributed by atoms with Gasteiger partial charge in [-0.3, -0.25) is 9.59 Å². The number of nitrogens with zero attached hydrogens (tertiary/aromatic N) is 2. The van der Waals surface area contributed by atoms with E-state index >= 15 is 0 Å². The molecular formula is C21H30N2O3S. The van der Waals surface area contributed by atoms with E-state index in [1.54, 1.807) is 11.8 Å². The number of hydrogen-bond acceptors (Lipinski definition) is 4. The molecule has 0 bridgehead atoms. The first-order valence-electron chi connectivity index (χ1n) is 9.80. The fourth-order valence-electron chi connectivity index (χ4n) is 4.22. The highest BCUT2D eigenvalue weighted by atomic mass is 32.2. The highest BCUT2D eigenvalue weighted by molar-refractivity contribution is 7.98. The lowest BCUT2D eigenvalue weighted by Crippen LogP contribution is -2.53. The fourth-order valence-corrected chi connectivity index (χ4v) is 4.68. The molecule has 0 radical (unpaired) electrons. The van der Waals surface area contributed by atoms with E-state index in [4.69, 9.17) is 0 Å². The van der Waals surface area contributed by atoms with Crippen molar-refractivity contribution in [2.24, 2.45) is 5.41 Å². The SMILES string of the molecule is CSCC[C@H](O)C(=O)N1CCC2(CCC(=O)N(Cc3ccccc3)C2)CC1. The van der Waals surface area contributed by atoms with Crippen molar-refractivity contribution in [3.05, 3.63) is 35.9 Å². The van der Waals surface area contributed by atoms with E-state index in [-0.39, 0.29) is 17.2 Å². The number of aliphatic hydroxyl groups is 1. The Balaban J connectivity index is 1.56. The number of amides is 2. The second-order valence-corrected chi connectivity index (χ2v) is 8.84. The van der Waals surface area contributed by atoms with E-state index < -0.39 is 6.10 Å². The van der Waals surface area contributed by atoms with Crippen molar-refractivity contribution in [3.63, 3.8) is 0 Å². The van der Waals surface area contributed by atoms with E-state index in [1.165, 1.54) is 0 Å². The van der Waals surface area contributed by atoms with Crippen LogP contribution >= 0.6 is 11.8 Å². The topological polar surface area (TPSA) is 60.9 Å². The minimum absolute atomic E-state index is 0.115. The van der Waals surface area contributed by atoms with Crippen LogP contribution < -0.4 is 0 Å². The van der Waals surface area contributed by atoms with Crippen molar-refractivity contribution in [1.29, 1.82) is 0 Å². The summed E-state index contributed by atoms with van der Waals surface area (Å²) in [5.41, 5.74) is 1.27. The summed E-state index contributed by atoms with van der Waals surface area (Å²) in [6.45, 7) is 2.81. The van der Waals surface area contributed by atoms with Gasteiger partial charge in [-0.1, -0.05) is 30.3 Å². The summed E-state index contributed by atoms with van der Waals surface area (Å²) < 4.78 is 0. The number of likely N-dealkylation sites (tertiary alicyclic amines) is 2. The van der Waals surface area contributed by atoms with Gasteiger partial charge >= 0.3 is 0 Å². The average Bonchev–Trinajstić information content (AvgIpc) is 2.70. The van der Waals surface area contributed by atoms with Gasteiger partial charge in [0, 0.05) is 32.6 Å². The molecular weight excluding hydrogens is 360 g/mol. The number of benzene rings is 1. The molecule has 2 amide bonds. The highest BCUT2D eigenvalue weighted by Crippen LogP contribution is 2.40. The minimum Gasteiger partial charge on any atom is -0.383 e. The van der Waals surface area contributed by atoms with Crippen molar-refractivity contribution in [1.82, 2.24) is 9.80 Å². The van der Waals surface area contributed by atoms with Crippen LogP contribution in [0.25, 0.3) is 0 Å². The summed E-state index contributed by atoms with van der Waals surface area (Å²) in [6.07, 6.45) is 4.94. The highest BCUT2D eigenvalue weighted by Gasteiger charge is 2.42. The molecule has 1 aromatic rings. The zero-order valence-electron chi connectivity index (χ0n) is 16.1. The Hall–Kier alpha value is -1.53. The molecule has 0 unspecified atom stereocenters. The van der Waals surface area contributed by atoms with Gasteiger partial charge in [0.05, 0.1) is 0 Å². The number of carbonyl (C=O) groups excluding carboxylic acids is 2. The normalized spacial score (nSPS) is 20.7. The molecule has 0 saturated carbocycles. The summed E-state index contributed by atoms with van der Waals surface area (Å²) >= 11 is 1.64. The molecule has 0 aliphatic carbocycles. The van der Waals surface area contributed by atoms with Crippen LogP contribution in [-0.2, 0) is 16.1 Å². The second kappa shape index (κ2) is 9.11. The Kier molecular flexibility index (Phi) is 6.82. The van der Waals surface area contributed by atoms with Gasteiger partial charge in [0.1, 0.15) is 6.10 Å². The monoisotopic (exact) mass is 390 g/mol. The van der Waals surface area contributed by atoms with Crippen LogP contribution in [0.2, 0.25) is 0 Å². The van der Waals surface area contributed by atoms with Crippen molar-refractivity contribution in [2.45, 2.75) is 44.8 Å². The zero-order valence-corrected chi connectivity index (χ0v) is 16.9. The Labute approximate surface area is 166 Å². The molecule has 3 rings (SSSR count). The molecule has 1 aromatic carbocycles. The van der Waals surface area contributed by atoms with Gasteiger partial charge in [-0.2, -0.15) is 11.8 Å². The number of hydrogen-bond donors (Lipinski definition) is 1. The Bertz CT molecular complexity index is 644. The summed E-state index contributed by atoms with van der Waals surface area (Å²) in [6, 6.07) is 10.1. The van der Waals surface area contributed by atoms with Crippen molar-refractivity contribution >= 4 is 23.6 Å². The maximum Gasteiger partial charge on any atom is 0.251 e. The predicted molar refractivity (Wildman–Crippen MR) is 108 cm³/mol. The predicted octanol–water partition coefficient (Wildman–Crippen LogP) is 2.53. The van der Waals surface area contributed by atoms with Gasteiger partial charge < -0.3 is 14.9 Å². The van der Waals surface area contributed by atoms with E-state index in [9.17, 15) is 14.7 Å². The third-order valence-electron chi connectivity index (χ3n) is 5.98. The lowest BCUT2D eigenvalue weighted by atomic mass is 9.72. The molecule has 2 heterocycles. The van der Waals surface area contributed by atoms with Gasteiger partial charge in [-0.15, -0.1) is 0 Å². The van der Waals surface area contributed by atoms with E-state index in [0.29, 0.717) is 32.5 Å². The molecule has 0 aromatic heterocycles. The molecule has 1 atom stereocenters. The van der Waals surface area contributed by atoms with Crippen LogP contribution in [0.4, 0.5) is 0 Å². The molecule has 1 spiro atoms. The maximum absolute atomic E-state index is 12.4. The van der Waals surface area contributed by atoms with E-state index in [2.05, 4.69) is 12.1 Å². The van der Waals surface area contributed by atoms with Crippen LogP contribution in [0.15, 0.2) is 30.3 Å². The number of rotatable bonds is 6. The minimum atomic E-state index is -0.881. The molecule has 2 aliphatic rings. The number of carbonyl (C=O) groups is 2. The van der Waals surface area contributed by atoms with Crippen molar-refractivity contribution in [2.75, 3.05) is 31.6 Å². The summed E-state index contributed by atoms with van der Waals surface area (Å²) in [5.74, 6) is 0.892. The molecule has 2 aliphatic heterocycles. The summed E-state index contributed by atoms with van der Waals surface area (Å²) in [4.78, 5) is 28.7. The van der Waals surface area contributed by atoms with E-state index in [1.807, 2.05) is 34.3 Å². The fraction of sp³-hybridized carbons (Fsp3) is 0.619. The van der Waals surface area contributed by atoms with Crippen LogP contribution in [-0.4, -0.2) is 64.5 Å².